The van der Waals surface area contributed by atoms with Crippen LogP contribution in [0.4, 0.5) is 28.0 Å². The minimum absolute atomic E-state index is 0.241. The van der Waals surface area contributed by atoms with Gasteiger partial charge in [-0.25, -0.2) is 9.18 Å². The first-order valence-corrected chi connectivity index (χ1v) is 6.91. The Hall–Kier alpha value is -2.71. The summed E-state index contributed by atoms with van der Waals surface area (Å²) in [5.41, 5.74) is -0.912. The van der Waals surface area contributed by atoms with Crippen LogP contribution in [0.1, 0.15) is 11.3 Å². The second-order valence-corrected chi connectivity index (χ2v) is 4.99. The number of hydrogen-bond acceptors (Lipinski definition) is 3. The molecule has 1 aromatic heterocycles. The van der Waals surface area contributed by atoms with Crippen molar-refractivity contribution in [1.29, 1.82) is 0 Å². The SMILES string of the molecule is CN(CCc1cnccn1)C(=O)Nc1cc(C(F)(F)F)ccc1F. The van der Waals surface area contributed by atoms with E-state index in [2.05, 4.69) is 15.3 Å². The Labute approximate surface area is 135 Å². The lowest BCUT2D eigenvalue weighted by Gasteiger charge is -2.18. The quantitative estimate of drug-likeness (QED) is 0.867. The Morgan fingerprint density at radius 3 is 2.67 bits per heavy atom. The molecule has 2 aromatic rings. The van der Waals surface area contributed by atoms with Crippen molar-refractivity contribution in [3.63, 3.8) is 0 Å². The predicted octanol–water partition coefficient (Wildman–Crippen LogP) is 3.34. The maximum absolute atomic E-state index is 13.6. The van der Waals surface area contributed by atoms with Gasteiger partial charge in [0.05, 0.1) is 16.9 Å². The number of urea groups is 1. The molecule has 0 radical (unpaired) electrons. The van der Waals surface area contributed by atoms with Crippen molar-refractivity contribution in [3.8, 4) is 0 Å². The van der Waals surface area contributed by atoms with Gasteiger partial charge in [-0.1, -0.05) is 0 Å². The number of anilines is 1. The van der Waals surface area contributed by atoms with Gasteiger partial charge in [-0.3, -0.25) is 9.97 Å². The third-order valence-corrected chi connectivity index (χ3v) is 3.20. The Morgan fingerprint density at radius 2 is 2.04 bits per heavy atom. The van der Waals surface area contributed by atoms with Gasteiger partial charge < -0.3 is 10.2 Å². The minimum Gasteiger partial charge on any atom is -0.327 e. The molecule has 0 unspecified atom stereocenters. The Bertz CT molecular complexity index is 706. The molecule has 0 fully saturated rings. The smallest absolute Gasteiger partial charge is 0.327 e. The molecule has 1 N–H and O–H groups in total. The van der Waals surface area contributed by atoms with Crippen LogP contribution in [0.5, 0.6) is 0 Å². The highest BCUT2D eigenvalue weighted by atomic mass is 19.4. The highest BCUT2D eigenvalue weighted by molar-refractivity contribution is 5.89. The van der Waals surface area contributed by atoms with Crippen molar-refractivity contribution < 1.29 is 22.4 Å². The van der Waals surface area contributed by atoms with Crippen molar-refractivity contribution in [2.24, 2.45) is 0 Å². The zero-order valence-electron chi connectivity index (χ0n) is 12.6. The normalized spacial score (nSPS) is 11.2. The number of rotatable bonds is 4. The summed E-state index contributed by atoms with van der Waals surface area (Å²) >= 11 is 0. The first kappa shape index (κ1) is 17.6. The van der Waals surface area contributed by atoms with E-state index in [1.807, 2.05) is 0 Å². The molecule has 0 aliphatic rings. The van der Waals surface area contributed by atoms with E-state index >= 15 is 0 Å². The van der Waals surface area contributed by atoms with Crippen LogP contribution >= 0.6 is 0 Å². The van der Waals surface area contributed by atoms with E-state index in [4.69, 9.17) is 0 Å². The number of aromatic nitrogens is 2. The number of halogens is 4. The fourth-order valence-electron chi connectivity index (χ4n) is 1.85. The van der Waals surface area contributed by atoms with Crippen LogP contribution in [0.15, 0.2) is 36.8 Å². The fraction of sp³-hybridized carbons (Fsp3) is 0.267. The summed E-state index contributed by atoms with van der Waals surface area (Å²) in [6, 6.07) is 1.11. The van der Waals surface area contributed by atoms with E-state index in [1.54, 1.807) is 0 Å². The lowest BCUT2D eigenvalue weighted by Crippen LogP contribution is -2.33. The lowest BCUT2D eigenvalue weighted by molar-refractivity contribution is -0.137. The first-order valence-electron chi connectivity index (χ1n) is 6.91. The van der Waals surface area contributed by atoms with E-state index < -0.39 is 29.3 Å². The highest BCUT2D eigenvalue weighted by Crippen LogP contribution is 2.31. The summed E-state index contributed by atoms with van der Waals surface area (Å²) in [6.07, 6.45) is 0.343. The molecule has 128 valence electrons. The zero-order valence-corrected chi connectivity index (χ0v) is 12.6. The molecule has 2 amide bonds. The number of benzene rings is 1. The molecule has 5 nitrogen and oxygen atoms in total. The van der Waals surface area contributed by atoms with E-state index in [-0.39, 0.29) is 6.54 Å². The minimum atomic E-state index is -4.62. The fourth-order valence-corrected chi connectivity index (χ4v) is 1.85. The number of nitrogens with zero attached hydrogens (tertiary/aromatic N) is 3. The zero-order chi connectivity index (χ0) is 17.7. The monoisotopic (exact) mass is 342 g/mol. The second-order valence-electron chi connectivity index (χ2n) is 4.99. The van der Waals surface area contributed by atoms with Gasteiger partial charge in [-0.15, -0.1) is 0 Å². The van der Waals surface area contributed by atoms with Crippen LogP contribution in [0.2, 0.25) is 0 Å². The molecule has 1 aromatic carbocycles. The number of hydrogen-bond donors (Lipinski definition) is 1. The topological polar surface area (TPSA) is 58.1 Å². The van der Waals surface area contributed by atoms with Crippen molar-refractivity contribution >= 4 is 11.7 Å². The van der Waals surface area contributed by atoms with Gasteiger partial charge in [0.1, 0.15) is 5.82 Å². The highest BCUT2D eigenvalue weighted by Gasteiger charge is 2.31. The average Bonchev–Trinajstić information content (AvgIpc) is 2.54. The van der Waals surface area contributed by atoms with Gasteiger partial charge in [0.25, 0.3) is 0 Å². The van der Waals surface area contributed by atoms with Crippen LogP contribution in [0, 0.1) is 5.82 Å². The van der Waals surface area contributed by atoms with Gasteiger partial charge in [0.15, 0.2) is 0 Å². The van der Waals surface area contributed by atoms with Crippen LogP contribution in [0.25, 0.3) is 0 Å². The second kappa shape index (κ2) is 7.24. The van der Waals surface area contributed by atoms with Gasteiger partial charge in [-0.2, -0.15) is 13.2 Å². The van der Waals surface area contributed by atoms with E-state index in [0.29, 0.717) is 30.3 Å². The molecule has 0 aliphatic heterocycles. The lowest BCUT2D eigenvalue weighted by atomic mass is 10.2. The maximum atomic E-state index is 13.6. The van der Waals surface area contributed by atoms with Crippen LogP contribution in [-0.4, -0.2) is 34.5 Å². The molecule has 0 atom stereocenters. The molecule has 1 heterocycles. The van der Waals surface area contributed by atoms with Gasteiger partial charge >= 0.3 is 12.2 Å². The molecule has 0 saturated heterocycles. The summed E-state index contributed by atoms with van der Waals surface area (Å²) in [5.74, 6) is -0.946. The van der Waals surface area contributed by atoms with Crippen molar-refractivity contribution in [3.05, 3.63) is 53.9 Å². The molecule has 0 bridgehead atoms. The number of alkyl halides is 3. The molecule has 2 rings (SSSR count). The summed E-state index contributed by atoms with van der Waals surface area (Å²) in [4.78, 5) is 21.1. The number of carbonyl (C=O) groups excluding carboxylic acids is 1. The van der Waals surface area contributed by atoms with Gasteiger partial charge in [-0.05, 0) is 18.2 Å². The van der Waals surface area contributed by atoms with Crippen LogP contribution in [0.3, 0.4) is 0 Å². The van der Waals surface area contributed by atoms with Crippen LogP contribution in [-0.2, 0) is 12.6 Å². The largest absolute Gasteiger partial charge is 0.416 e. The Morgan fingerprint density at radius 1 is 1.29 bits per heavy atom. The van der Waals surface area contributed by atoms with Crippen molar-refractivity contribution in [2.45, 2.75) is 12.6 Å². The molecular formula is C15H14F4N4O. The molecular weight excluding hydrogens is 328 g/mol. The Kier molecular flexibility index (Phi) is 5.32. The number of carbonyl (C=O) groups is 1. The maximum Gasteiger partial charge on any atom is 0.416 e. The van der Waals surface area contributed by atoms with E-state index in [9.17, 15) is 22.4 Å². The van der Waals surface area contributed by atoms with Crippen molar-refractivity contribution in [1.82, 2.24) is 14.9 Å². The first-order chi connectivity index (χ1) is 11.3. The summed E-state index contributed by atoms with van der Waals surface area (Å²) in [7, 11) is 1.44. The predicted molar refractivity (Wildman–Crippen MR) is 78.8 cm³/mol. The third-order valence-electron chi connectivity index (χ3n) is 3.20. The molecule has 24 heavy (non-hydrogen) atoms. The molecule has 9 heteroatoms. The number of nitrogens with one attached hydrogen (secondary N) is 1. The molecule has 0 spiro atoms. The standard InChI is InChI=1S/C15H14F4N4O/c1-23(7-4-11-9-20-5-6-21-11)14(24)22-13-8-10(15(17,18)19)2-3-12(13)16/h2-3,5-6,8-9H,4,7H2,1H3,(H,22,24). The molecule has 0 aliphatic carbocycles. The molecule has 0 saturated carbocycles. The van der Waals surface area contributed by atoms with Crippen molar-refractivity contribution in [2.75, 3.05) is 18.9 Å². The third kappa shape index (κ3) is 4.64. The van der Waals surface area contributed by atoms with Gasteiger partial charge in [0, 0.05) is 38.6 Å². The van der Waals surface area contributed by atoms with E-state index in [0.717, 1.165) is 0 Å². The van der Waals surface area contributed by atoms with Gasteiger partial charge in [0.2, 0.25) is 0 Å². The number of amides is 2. The van der Waals surface area contributed by atoms with Crippen LogP contribution < -0.4 is 5.32 Å². The summed E-state index contributed by atoms with van der Waals surface area (Å²) in [6.45, 7) is 0.241. The average molecular weight is 342 g/mol. The Balaban J connectivity index is 2.01. The summed E-state index contributed by atoms with van der Waals surface area (Å²) in [5, 5.41) is 2.13. The number of likely N-dealkylation sites (N-methyl/N-ethyl adjacent to an activating group) is 1. The van der Waals surface area contributed by atoms with E-state index in [1.165, 1.54) is 30.5 Å². The summed E-state index contributed by atoms with van der Waals surface area (Å²) < 4.78 is 51.6.